The average Bonchev–Trinajstić information content (AvgIpc) is 3.73. The number of hydrogen-bond donors (Lipinski definition) is 3. The van der Waals surface area contributed by atoms with Gasteiger partial charge in [0, 0.05) is 88.2 Å². The molecule has 2 aromatic heterocycles. The number of ether oxygens (including phenoxy) is 1. The average molecular weight is 824 g/mol. The summed E-state index contributed by atoms with van der Waals surface area (Å²) in [6, 6.07) is 23.6. The van der Waals surface area contributed by atoms with Crippen molar-refractivity contribution in [2.45, 2.75) is 56.1 Å². The molecule has 6 aliphatic rings. The summed E-state index contributed by atoms with van der Waals surface area (Å²) >= 11 is 0. The van der Waals surface area contributed by atoms with Crippen molar-refractivity contribution in [2.75, 3.05) is 69.5 Å². The largest absolute Gasteiger partial charge is 0.457 e. The molecule has 2 unspecified atom stereocenters. The summed E-state index contributed by atoms with van der Waals surface area (Å²) in [7, 11) is 0. The number of hydrogen-bond acceptors (Lipinski definition) is 13. The molecule has 2 atom stereocenters. The molecule has 0 saturated carbocycles. The zero-order valence-electron chi connectivity index (χ0n) is 33.8. The Balaban J connectivity index is 0.635. The number of aliphatic hydroxyl groups excluding tert-OH is 1. The Morgan fingerprint density at radius 3 is 2.23 bits per heavy atom. The van der Waals surface area contributed by atoms with Crippen molar-refractivity contribution in [1.82, 2.24) is 44.7 Å². The number of piperidine rings is 2. The molecule has 16 nitrogen and oxygen atoms in total. The number of nitrogens with one attached hydrogen (secondary N) is 1. The number of aromatic nitrogens is 4. The number of amides is 3. The number of nitrogens with zero attached hydrogens (tertiary/aromatic N) is 9. The molecule has 3 aromatic carbocycles. The number of carbonyl (C=O) groups is 3. The van der Waals surface area contributed by atoms with Crippen LogP contribution in [0.3, 0.4) is 0 Å². The highest BCUT2D eigenvalue weighted by atomic mass is 16.5. The third-order valence-electron chi connectivity index (χ3n) is 13.7. The van der Waals surface area contributed by atoms with Crippen LogP contribution in [-0.4, -0.2) is 145 Å². The molecule has 5 fully saturated rings. The highest BCUT2D eigenvalue weighted by Crippen LogP contribution is 2.37. The van der Waals surface area contributed by atoms with Crippen LogP contribution in [0, 0.1) is 5.92 Å². The second-order valence-corrected chi connectivity index (χ2v) is 17.5. The molecule has 5 saturated heterocycles. The molecule has 11 rings (SSSR count). The van der Waals surface area contributed by atoms with Crippen molar-refractivity contribution in [2.24, 2.45) is 5.92 Å². The van der Waals surface area contributed by atoms with E-state index in [2.05, 4.69) is 39.6 Å². The van der Waals surface area contributed by atoms with Gasteiger partial charge in [0.2, 0.25) is 5.91 Å². The molecule has 6 aliphatic heterocycles. The van der Waals surface area contributed by atoms with E-state index in [-0.39, 0.29) is 12.5 Å². The highest BCUT2D eigenvalue weighted by Gasteiger charge is 2.46. The number of likely N-dealkylation sites (tertiary alicyclic amines) is 3. The lowest BCUT2D eigenvalue weighted by molar-refractivity contribution is -0.131. The number of nitrogens with two attached hydrogens (primary N) is 1. The van der Waals surface area contributed by atoms with Crippen LogP contribution in [0.25, 0.3) is 22.3 Å². The van der Waals surface area contributed by atoms with Gasteiger partial charge in [-0.2, -0.15) is 5.10 Å². The van der Waals surface area contributed by atoms with Gasteiger partial charge in [-0.1, -0.05) is 18.2 Å². The number of fused-ring (bicyclic) bond motifs is 2. The first-order chi connectivity index (χ1) is 29.7. The first-order valence-electron chi connectivity index (χ1n) is 21.5. The lowest BCUT2D eigenvalue weighted by Crippen LogP contribution is -2.70. The van der Waals surface area contributed by atoms with E-state index >= 15 is 0 Å². The van der Waals surface area contributed by atoms with Gasteiger partial charge in [-0.25, -0.2) is 14.6 Å². The number of benzene rings is 3. The molecule has 0 radical (unpaired) electrons. The summed E-state index contributed by atoms with van der Waals surface area (Å²) in [4.78, 5) is 59.1. The Kier molecular flexibility index (Phi) is 9.47. The fourth-order valence-corrected chi connectivity index (χ4v) is 10.2. The van der Waals surface area contributed by atoms with Crippen molar-refractivity contribution < 1.29 is 24.2 Å². The zero-order valence-corrected chi connectivity index (χ0v) is 33.8. The fraction of sp³-hybridized carbons (Fsp3) is 0.422. The Bertz CT molecular complexity index is 2490. The molecule has 0 bridgehead atoms. The van der Waals surface area contributed by atoms with Gasteiger partial charge in [0.25, 0.3) is 11.8 Å². The van der Waals surface area contributed by atoms with E-state index in [1.165, 1.54) is 6.33 Å². The normalized spacial score (nSPS) is 23.5. The number of aliphatic hydroxyl groups is 1. The lowest BCUT2D eigenvalue weighted by Gasteiger charge is -2.56. The van der Waals surface area contributed by atoms with Crippen molar-refractivity contribution in [3.05, 3.63) is 90.3 Å². The Labute approximate surface area is 352 Å². The van der Waals surface area contributed by atoms with Crippen LogP contribution in [0.1, 0.15) is 52.4 Å². The van der Waals surface area contributed by atoms with Gasteiger partial charge >= 0.3 is 0 Å². The molecule has 16 heteroatoms. The summed E-state index contributed by atoms with van der Waals surface area (Å²) < 4.78 is 8.10. The van der Waals surface area contributed by atoms with Crippen molar-refractivity contribution >= 4 is 40.3 Å². The van der Waals surface area contributed by atoms with Crippen LogP contribution in [0.5, 0.6) is 11.5 Å². The van der Waals surface area contributed by atoms with Gasteiger partial charge in [-0.15, -0.1) is 0 Å². The predicted molar refractivity (Wildman–Crippen MR) is 227 cm³/mol. The third-order valence-corrected chi connectivity index (χ3v) is 13.7. The van der Waals surface area contributed by atoms with E-state index in [4.69, 9.17) is 15.6 Å². The second-order valence-electron chi connectivity index (χ2n) is 17.5. The molecular weight excluding hydrogens is 775 g/mol. The minimum absolute atomic E-state index is 0.230. The molecule has 0 spiro atoms. The molecule has 0 aliphatic carbocycles. The summed E-state index contributed by atoms with van der Waals surface area (Å²) in [6.07, 6.45) is 3.13. The minimum Gasteiger partial charge on any atom is -0.457 e. The monoisotopic (exact) mass is 823 g/mol. The summed E-state index contributed by atoms with van der Waals surface area (Å²) in [5.41, 5.74) is 10.6. The fourth-order valence-electron chi connectivity index (χ4n) is 10.2. The molecule has 61 heavy (non-hydrogen) atoms. The maximum atomic E-state index is 13.3. The smallest absolute Gasteiger partial charge is 0.262 e. The second kappa shape index (κ2) is 15.2. The lowest BCUT2D eigenvalue weighted by atomic mass is 9.93. The van der Waals surface area contributed by atoms with Crippen LogP contribution in [0.4, 0.5) is 11.5 Å². The molecule has 314 valence electrons. The molecular formula is C45H49N11O5. The first kappa shape index (κ1) is 38.0. The van der Waals surface area contributed by atoms with Gasteiger partial charge in [-0.3, -0.25) is 34.0 Å². The predicted octanol–water partition coefficient (Wildman–Crippen LogP) is 3.20. The van der Waals surface area contributed by atoms with Crippen molar-refractivity contribution in [1.29, 1.82) is 0 Å². The number of nitrogen functional groups attached to an aromatic ring is 1. The number of para-hydroxylation sites is 1. The first-order valence-corrected chi connectivity index (χ1v) is 21.5. The van der Waals surface area contributed by atoms with Crippen molar-refractivity contribution in [3.63, 3.8) is 0 Å². The molecule has 8 heterocycles. The maximum Gasteiger partial charge on any atom is 0.262 e. The SMILES string of the molecule is Nc1ncnc2c1c(-c1ccc(Oc3ccccc3)cc1)nn2C1CCN(C2CN(C3CN(CC4CN(c5ccc6c(c5)C(=O)N(C5CCC(O)NC5=O)C6=O)C4)C3)C2)CC1. The van der Waals surface area contributed by atoms with Crippen molar-refractivity contribution in [3.8, 4) is 22.8 Å². The summed E-state index contributed by atoms with van der Waals surface area (Å²) in [6.45, 7) is 9.36. The van der Waals surface area contributed by atoms with Crippen LogP contribution in [-0.2, 0) is 4.79 Å². The Morgan fingerprint density at radius 1 is 0.754 bits per heavy atom. The standard InChI is InChI=1S/C45H49N11O5/c46-41-39-40(28-6-9-34(10-7-28)61-33-4-2-1-3-5-33)50-56(42(39)48-26-47-41)29-14-16-52(17-15-29)32-24-54(25-32)31-22-51(23-31)19-27-20-53(21-27)30-8-11-35-36(18-30)45(60)55(44(35)59)37-12-13-38(57)49-43(37)58/h1-11,18,26-27,29,31-32,37-38,57H,12-17,19-25H2,(H,49,58)(H2,46,47,48). The van der Waals surface area contributed by atoms with Crippen LogP contribution >= 0.6 is 0 Å². The number of rotatable bonds is 10. The minimum atomic E-state index is -0.946. The summed E-state index contributed by atoms with van der Waals surface area (Å²) in [5, 5.41) is 18.1. The maximum absolute atomic E-state index is 13.3. The van der Waals surface area contributed by atoms with Gasteiger partial charge in [0.05, 0.1) is 22.6 Å². The quantitative estimate of drug-likeness (QED) is 0.175. The number of anilines is 2. The Morgan fingerprint density at radius 2 is 1.48 bits per heavy atom. The van der Waals surface area contributed by atoms with Crippen LogP contribution in [0.15, 0.2) is 79.1 Å². The van der Waals surface area contributed by atoms with E-state index < -0.39 is 30.0 Å². The van der Waals surface area contributed by atoms with Gasteiger partial charge < -0.3 is 25.8 Å². The van der Waals surface area contributed by atoms with Crippen LogP contribution in [0.2, 0.25) is 0 Å². The number of imide groups is 1. The highest BCUT2D eigenvalue weighted by molar-refractivity contribution is 6.23. The van der Waals surface area contributed by atoms with E-state index in [1.54, 1.807) is 12.1 Å². The third kappa shape index (κ3) is 6.87. The molecule has 4 N–H and O–H groups in total. The van der Waals surface area contributed by atoms with E-state index in [1.807, 2.05) is 60.7 Å². The van der Waals surface area contributed by atoms with Gasteiger partial charge in [-0.05, 0) is 80.3 Å². The van der Waals surface area contributed by atoms with E-state index in [0.29, 0.717) is 41.4 Å². The van der Waals surface area contributed by atoms with Gasteiger partial charge in [0.15, 0.2) is 5.65 Å². The number of carbonyl (C=O) groups excluding carboxylic acids is 3. The molecule has 5 aromatic rings. The van der Waals surface area contributed by atoms with Crippen LogP contribution < -0.4 is 20.7 Å². The van der Waals surface area contributed by atoms with Gasteiger partial charge in [0.1, 0.15) is 41.6 Å². The molecule has 3 amide bonds. The topological polar surface area (TPSA) is 179 Å². The van der Waals surface area contributed by atoms with E-state index in [0.717, 1.165) is 116 Å². The zero-order chi connectivity index (χ0) is 41.4. The van der Waals surface area contributed by atoms with E-state index in [9.17, 15) is 19.5 Å². The Hall–Kier alpha value is -5.94. The summed E-state index contributed by atoms with van der Waals surface area (Å²) in [5.74, 6) is 1.15.